The summed E-state index contributed by atoms with van der Waals surface area (Å²) in [5.74, 6) is -1.11. The first-order valence-electron chi connectivity index (χ1n) is 8.84. The number of nitrogens with one attached hydrogen (secondary N) is 1. The third-order valence-electron chi connectivity index (χ3n) is 4.24. The minimum Gasteiger partial charge on any atom is -0.452 e. The Bertz CT molecular complexity index is 876. The molecular weight excluding hydrogens is 385 g/mol. The van der Waals surface area contributed by atoms with E-state index >= 15 is 0 Å². The number of nitrogens with zero attached hydrogens (tertiary/aromatic N) is 2. The molecule has 1 heterocycles. The van der Waals surface area contributed by atoms with Crippen molar-refractivity contribution in [3.63, 3.8) is 0 Å². The van der Waals surface area contributed by atoms with Gasteiger partial charge in [-0.3, -0.25) is 4.79 Å². The molecule has 0 aliphatic carbocycles. The smallest absolute Gasteiger partial charge is 0.331 e. The molecule has 0 bridgehead atoms. The second-order valence-corrected chi connectivity index (χ2v) is 7.08. The number of aromatic nitrogens is 2. The fraction of sp³-hybridized carbons (Fsp3) is 0.350. The molecule has 6 nitrogen and oxygen atoms in total. The van der Waals surface area contributed by atoms with Gasteiger partial charge in [0.05, 0.1) is 11.4 Å². The van der Waals surface area contributed by atoms with Crippen molar-refractivity contribution in [3.8, 4) is 5.69 Å². The van der Waals surface area contributed by atoms with E-state index < -0.39 is 5.97 Å². The zero-order chi connectivity index (χ0) is 20.8. The predicted octanol–water partition coefficient (Wildman–Crippen LogP) is 3.69. The van der Waals surface area contributed by atoms with Gasteiger partial charge < -0.3 is 10.1 Å². The van der Waals surface area contributed by atoms with Crippen molar-refractivity contribution in [2.75, 3.05) is 6.61 Å². The highest BCUT2D eigenvalue weighted by molar-refractivity contribution is 6.31. The largest absolute Gasteiger partial charge is 0.452 e. The molecule has 2 aromatic rings. The van der Waals surface area contributed by atoms with E-state index in [0.717, 1.165) is 0 Å². The Morgan fingerprint density at radius 1 is 1.29 bits per heavy atom. The van der Waals surface area contributed by atoms with Gasteiger partial charge in [-0.2, -0.15) is 5.10 Å². The van der Waals surface area contributed by atoms with Crippen LogP contribution in [0.4, 0.5) is 4.39 Å². The summed E-state index contributed by atoms with van der Waals surface area (Å²) < 4.78 is 19.5. The van der Waals surface area contributed by atoms with E-state index in [9.17, 15) is 14.0 Å². The molecule has 0 fully saturated rings. The van der Waals surface area contributed by atoms with Crippen molar-refractivity contribution < 1.29 is 18.7 Å². The Hall–Kier alpha value is -2.67. The summed E-state index contributed by atoms with van der Waals surface area (Å²) >= 11 is 6.34. The fourth-order valence-corrected chi connectivity index (χ4v) is 2.59. The summed E-state index contributed by atoms with van der Waals surface area (Å²) in [5, 5.41) is 7.33. The van der Waals surface area contributed by atoms with Gasteiger partial charge in [0.2, 0.25) is 0 Å². The number of carbonyl (C=O) groups is 2. The van der Waals surface area contributed by atoms with E-state index in [0.29, 0.717) is 16.9 Å². The molecule has 150 valence electrons. The Morgan fingerprint density at radius 2 is 1.93 bits per heavy atom. The zero-order valence-corrected chi connectivity index (χ0v) is 17.0. The van der Waals surface area contributed by atoms with Crippen molar-refractivity contribution in [3.05, 3.63) is 52.6 Å². The average molecular weight is 408 g/mol. The van der Waals surface area contributed by atoms with Gasteiger partial charge in [0.1, 0.15) is 11.0 Å². The summed E-state index contributed by atoms with van der Waals surface area (Å²) in [7, 11) is 0. The molecule has 0 unspecified atom stereocenters. The molecule has 8 heteroatoms. The number of rotatable bonds is 7. The minimum atomic E-state index is -0.669. The lowest BCUT2D eigenvalue weighted by molar-refractivity contribution is -0.144. The highest BCUT2D eigenvalue weighted by Crippen LogP contribution is 2.24. The van der Waals surface area contributed by atoms with Crippen molar-refractivity contribution in [2.24, 2.45) is 5.92 Å². The number of carbonyl (C=O) groups excluding carboxylic acids is 2. The van der Waals surface area contributed by atoms with Crippen LogP contribution in [-0.4, -0.2) is 34.3 Å². The average Bonchev–Trinajstić information content (AvgIpc) is 2.92. The summed E-state index contributed by atoms with van der Waals surface area (Å²) in [5.41, 5.74) is 1.70. The molecule has 0 radical (unpaired) electrons. The van der Waals surface area contributed by atoms with Crippen LogP contribution in [0.2, 0.25) is 5.15 Å². The Kier molecular flexibility index (Phi) is 7.34. The number of hydrogen-bond acceptors (Lipinski definition) is 4. The molecule has 0 aliphatic rings. The van der Waals surface area contributed by atoms with Crippen molar-refractivity contribution in [1.29, 1.82) is 0 Å². The van der Waals surface area contributed by atoms with Crippen LogP contribution in [0.3, 0.4) is 0 Å². The first kappa shape index (κ1) is 21.6. The van der Waals surface area contributed by atoms with E-state index in [1.165, 1.54) is 29.0 Å². The first-order chi connectivity index (χ1) is 13.2. The number of hydrogen-bond donors (Lipinski definition) is 1. The summed E-state index contributed by atoms with van der Waals surface area (Å²) in [4.78, 5) is 23.6. The zero-order valence-electron chi connectivity index (χ0n) is 16.2. The lowest BCUT2D eigenvalue weighted by Gasteiger charge is -2.16. The van der Waals surface area contributed by atoms with Crippen LogP contribution < -0.4 is 5.32 Å². The fourth-order valence-electron chi connectivity index (χ4n) is 2.25. The van der Waals surface area contributed by atoms with E-state index in [-0.39, 0.29) is 35.4 Å². The maximum Gasteiger partial charge on any atom is 0.331 e. The number of amides is 1. The summed E-state index contributed by atoms with van der Waals surface area (Å²) in [6, 6.07) is 5.69. The lowest BCUT2D eigenvalue weighted by atomic mass is 10.1. The van der Waals surface area contributed by atoms with Crippen molar-refractivity contribution in [2.45, 2.75) is 33.7 Å². The Balaban J connectivity index is 2.01. The van der Waals surface area contributed by atoms with Gasteiger partial charge >= 0.3 is 5.97 Å². The molecule has 1 atom stereocenters. The third kappa shape index (κ3) is 5.66. The van der Waals surface area contributed by atoms with Crippen LogP contribution in [0.15, 0.2) is 30.3 Å². The van der Waals surface area contributed by atoms with Gasteiger partial charge in [0.15, 0.2) is 6.61 Å². The number of ether oxygens (including phenoxy) is 1. The Labute approximate surface area is 168 Å². The SMILES string of the molecule is Cc1nn(-c2ccc(F)cc2)c(Cl)c1/C=C/C(=O)OCC(=O)N[C@@H](C)C(C)C. The lowest BCUT2D eigenvalue weighted by Crippen LogP contribution is -2.38. The second-order valence-electron chi connectivity index (χ2n) is 6.72. The summed E-state index contributed by atoms with van der Waals surface area (Å²) in [6.45, 7) is 7.23. The number of aryl methyl sites for hydroxylation is 1. The molecule has 0 saturated carbocycles. The topological polar surface area (TPSA) is 73.2 Å². The van der Waals surface area contributed by atoms with Crippen LogP contribution in [0.25, 0.3) is 11.8 Å². The Morgan fingerprint density at radius 3 is 2.54 bits per heavy atom. The number of halogens is 2. The molecule has 1 N–H and O–H groups in total. The standard InChI is InChI=1S/C20H23ClFN3O3/c1-12(2)13(3)23-18(26)11-28-19(27)10-9-17-14(4)24-25(20(17)21)16-7-5-15(22)6-8-16/h5-10,12-13H,11H2,1-4H3,(H,23,26)/b10-9+/t13-/m0/s1. The minimum absolute atomic E-state index is 0.0134. The van der Waals surface area contributed by atoms with Crippen molar-refractivity contribution >= 4 is 29.6 Å². The third-order valence-corrected chi connectivity index (χ3v) is 4.60. The molecular formula is C20H23ClFN3O3. The molecule has 2 rings (SSSR count). The van der Waals surface area contributed by atoms with Gasteiger partial charge in [-0.25, -0.2) is 13.9 Å². The monoisotopic (exact) mass is 407 g/mol. The quantitative estimate of drug-likeness (QED) is 0.561. The molecule has 0 spiro atoms. The van der Waals surface area contributed by atoms with Crippen LogP contribution in [0.1, 0.15) is 32.0 Å². The normalized spacial score (nSPS) is 12.4. The summed E-state index contributed by atoms with van der Waals surface area (Å²) in [6.07, 6.45) is 2.66. The highest BCUT2D eigenvalue weighted by atomic mass is 35.5. The van der Waals surface area contributed by atoms with E-state index in [1.54, 1.807) is 19.1 Å². The van der Waals surface area contributed by atoms with Crippen LogP contribution in [-0.2, 0) is 14.3 Å². The maximum absolute atomic E-state index is 13.1. The first-order valence-corrected chi connectivity index (χ1v) is 9.22. The highest BCUT2D eigenvalue weighted by Gasteiger charge is 2.14. The van der Waals surface area contributed by atoms with E-state index in [4.69, 9.17) is 16.3 Å². The van der Waals surface area contributed by atoms with Gasteiger partial charge in [-0.05, 0) is 50.1 Å². The number of benzene rings is 1. The molecule has 1 aromatic heterocycles. The van der Waals surface area contributed by atoms with Gasteiger partial charge in [0.25, 0.3) is 5.91 Å². The van der Waals surface area contributed by atoms with Gasteiger partial charge in [-0.1, -0.05) is 25.4 Å². The van der Waals surface area contributed by atoms with Gasteiger partial charge in [0, 0.05) is 17.7 Å². The van der Waals surface area contributed by atoms with E-state index in [2.05, 4.69) is 10.4 Å². The van der Waals surface area contributed by atoms with Crippen molar-refractivity contribution in [1.82, 2.24) is 15.1 Å². The molecule has 1 aromatic carbocycles. The molecule has 1 amide bonds. The van der Waals surface area contributed by atoms with Crippen LogP contribution >= 0.6 is 11.6 Å². The number of esters is 1. The molecule has 0 aliphatic heterocycles. The van der Waals surface area contributed by atoms with Gasteiger partial charge in [-0.15, -0.1) is 0 Å². The molecule has 28 heavy (non-hydrogen) atoms. The van der Waals surface area contributed by atoms with Crippen LogP contribution in [0.5, 0.6) is 0 Å². The maximum atomic E-state index is 13.1. The van der Waals surface area contributed by atoms with Crippen LogP contribution in [0, 0.1) is 18.7 Å². The molecule has 0 saturated heterocycles. The van der Waals surface area contributed by atoms with E-state index in [1.807, 2.05) is 20.8 Å². The predicted molar refractivity (Wildman–Crippen MR) is 106 cm³/mol. The second kappa shape index (κ2) is 9.50.